The molecule has 3 rings (SSSR count). The molecule has 2 aromatic heterocycles. The van der Waals surface area contributed by atoms with E-state index in [0.29, 0.717) is 0 Å². The largest absolute Gasteiger partial charge is 0.433 e. The molecule has 0 spiro atoms. The minimum Gasteiger partial charge on any atom is -0.371 e. The van der Waals surface area contributed by atoms with Crippen LogP contribution in [0.1, 0.15) is 41.1 Å². The van der Waals surface area contributed by atoms with Gasteiger partial charge in [0.1, 0.15) is 11.4 Å². The summed E-state index contributed by atoms with van der Waals surface area (Å²) in [5.41, 5.74) is -1.65. The van der Waals surface area contributed by atoms with Crippen molar-refractivity contribution < 1.29 is 35.8 Å². The Morgan fingerprint density at radius 1 is 0.741 bits per heavy atom. The van der Waals surface area contributed by atoms with Gasteiger partial charge in [-0.25, -0.2) is 0 Å². The van der Waals surface area contributed by atoms with Crippen LogP contribution >= 0.6 is 0 Å². The zero-order valence-electron chi connectivity index (χ0n) is 13.7. The molecule has 3 heterocycles. The Labute approximate surface area is 150 Å². The van der Waals surface area contributed by atoms with Crippen molar-refractivity contribution >= 4 is 0 Å². The van der Waals surface area contributed by atoms with E-state index in [0.717, 1.165) is 24.5 Å². The lowest BCUT2D eigenvalue weighted by Gasteiger charge is -2.21. The van der Waals surface area contributed by atoms with Crippen molar-refractivity contribution in [2.75, 3.05) is 13.2 Å². The Bertz CT molecular complexity index is 728. The first-order valence-electron chi connectivity index (χ1n) is 7.94. The summed E-state index contributed by atoms with van der Waals surface area (Å²) in [7, 11) is 0. The number of rotatable bonds is 2. The molecular weight excluding hydrogens is 378 g/mol. The highest BCUT2D eigenvalue weighted by Crippen LogP contribution is 2.37. The third-order valence-corrected chi connectivity index (χ3v) is 4.04. The molecule has 2 aromatic rings. The summed E-state index contributed by atoms with van der Waals surface area (Å²) >= 11 is 0. The van der Waals surface area contributed by atoms with Crippen molar-refractivity contribution in [1.29, 1.82) is 0 Å². The van der Waals surface area contributed by atoms with Crippen LogP contribution in [0, 0.1) is 0 Å². The Morgan fingerprint density at radius 2 is 1.15 bits per heavy atom. The van der Waals surface area contributed by atoms with Gasteiger partial charge in [-0.2, -0.15) is 26.3 Å². The second-order valence-corrected chi connectivity index (χ2v) is 5.90. The summed E-state index contributed by atoms with van der Waals surface area (Å²) in [6.07, 6.45) is -8.66. The molecule has 0 amide bonds. The van der Waals surface area contributed by atoms with Crippen molar-refractivity contribution in [2.45, 2.75) is 31.0 Å². The van der Waals surface area contributed by atoms with Gasteiger partial charge in [0, 0.05) is 18.8 Å². The summed E-state index contributed by atoms with van der Waals surface area (Å²) < 4.78 is 88.3. The average Bonchev–Trinajstić information content (AvgIpc) is 2.87. The summed E-state index contributed by atoms with van der Waals surface area (Å²) in [6.45, 7) is 0.199. The number of nitrogens with zero attached hydrogens (tertiary/aromatic N) is 2. The minimum atomic E-state index is -4.61. The predicted molar refractivity (Wildman–Crippen MR) is 80.5 cm³/mol. The quantitative estimate of drug-likeness (QED) is 0.693. The second kappa shape index (κ2) is 7.43. The third kappa shape index (κ3) is 4.75. The van der Waals surface area contributed by atoms with Gasteiger partial charge in [0.2, 0.25) is 0 Å². The van der Waals surface area contributed by atoms with E-state index in [-0.39, 0.29) is 30.8 Å². The molecule has 0 radical (unpaired) electrons. The molecule has 27 heavy (non-hydrogen) atoms. The first kappa shape index (κ1) is 19.6. The van der Waals surface area contributed by atoms with E-state index in [1.165, 1.54) is 12.1 Å². The molecule has 10 heteroatoms. The lowest BCUT2D eigenvalue weighted by Crippen LogP contribution is -2.13. The smallest absolute Gasteiger partial charge is 0.371 e. The molecule has 0 saturated carbocycles. The predicted octanol–water partition coefficient (Wildman–Crippen LogP) is 4.73. The van der Waals surface area contributed by atoms with Crippen LogP contribution < -0.4 is 0 Å². The minimum absolute atomic E-state index is 0.0582. The van der Waals surface area contributed by atoms with E-state index in [4.69, 9.17) is 9.47 Å². The highest BCUT2D eigenvalue weighted by Gasteiger charge is 2.35. The number of ether oxygens (including phenoxy) is 2. The van der Waals surface area contributed by atoms with Gasteiger partial charge in [-0.15, -0.1) is 0 Å². The first-order chi connectivity index (χ1) is 12.6. The molecule has 2 unspecified atom stereocenters. The molecule has 0 bridgehead atoms. The lowest BCUT2D eigenvalue weighted by atomic mass is 9.98. The van der Waals surface area contributed by atoms with Gasteiger partial charge in [-0.3, -0.25) is 9.97 Å². The SMILES string of the molecule is FC(F)(F)c1cc(C2CC(c3ccnc(C(F)(F)F)c3)OCCO2)ccn1. The molecule has 1 saturated heterocycles. The Balaban J connectivity index is 1.87. The normalized spacial score (nSPS) is 21.7. The zero-order chi connectivity index (χ0) is 19.7. The van der Waals surface area contributed by atoms with E-state index in [2.05, 4.69) is 9.97 Å². The maximum Gasteiger partial charge on any atom is 0.433 e. The van der Waals surface area contributed by atoms with E-state index >= 15 is 0 Å². The van der Waals surface area contributed by atoms with Gasteiger partial charge in [0.15, 0.2) is 0 Å². The molecule has 1 aliphatic heterocycles. The van der Waals surface area contributed by atoms with E-state index in [1.807, 2.05) is 0 Å². The van der Waals surface area contributed by atoms with Crippen LogP contribution in [0.15, 0.2) is 36.7 Å². The highest BCUT2D eigenvalue weighted by atomic mass is 19.4. The van der Waals surface area contributed by atoms with Crippen molar-refractivity contribution in [1.82, 2.24) is 9.97 Å². The summed E-state index contributed by atoms with van der Waals surface area (Å²) in [6, 6.07) is 4.52. The van der Waals surface area contributed by atoms with Gasteiger partial charge in [0.25, 0.3) is 0 Å². The first-order valence-corrected chi connectivity index (χ1v) is 7.94. The van der Waals surface area contributed by atoms with Crippen LogP contribution in [0.2, 0.25) is 0 Å². The average molecular weight is 392 g/mol. The summed E-state index contributed by atoms with van der Waals surface area (Å²) in [4.78, 5) is 6.60. The van der Waals surface area contributed by atoms with Gasteiger partial charge in [0.05, 0.1) is 25.4 Å². The summed E-state index contributed by atoms with van der Waals surface area (Å²) in [5, 5.41) is 0. The van der Waals surface area contributed by atoms with Crippen LogP contribution in [0.5, 0.6) is 0 Å². The molecule has 4 nitrogen and oxygen atoms in total. The van der Waals surface area contributed by atoms with Crippen molar-refractivity contribution in [3.8, 4) is 0 Å². The number of hydrogen-bond donors (Lipinski definition) is 0. The van der Waals surface area contributed by atoms with Gasteiger partial charge >= 0.3 is 12.4 Å². The summed E-state index contributed by atoms with van der Waals surface area (Å²) in [5.74, 6) is 0. The van der Waals surface area contributed by atoms with Crippen molar-refractivity contribution in [3.63, 3.8) is 0 Å². The van der Waals surface area contributed by atoms with E-state index in [9.17, 15) is 26.3 Å². The van der Waals surface area contributed by atoms with Crippen LogP contribution in [0.3, 0.4) is 0 Å². The molecule has 146 valence electrons. The number of halogens is 6. The molecule has 0 N–H and O–H groups in total. The second-order valence-electron chi connectivity index (χ2n) is 5.90. The monoisotopic (exact) mass is 392 g/mol. The van der Waals surface area contributed by atoms with Crippen molar-refractivity contribution in [2.24, 2.45) is 0 Å². The van der Waals surface area contributed by atoms with Crippen LogP contribution in [-0.2, 0) is 21.8 Å². The van der Waals surface area contributed by atoms with E-state index in [1.54, 1.807) is 0 Å². The number of hydrogen-bond acceptors (Lipinski definition) is 4. The number of alkyl halides is 6. The van der Waals surface area contributed by atoms with Crippen LogP contribution in [0.4, 0.5) is 26.3 Å². The molecule has 2 atom stereocenters. The maximum absolute atomic E-state index is 12.9. The number of aromatic nitrogens is 2. The fourth-order valence-corrected chi connectivity index (χ4v) is 2.78. The topological polar surface area (TPSA) is 44.2 Å². The lowest BCUT2D eigenvalue weighted by molar-refractivity contribution is -0.142. The van der Waals surface area contributed by atoms with Gasteiger partial charge in [-0.05, 0) is 35.4 Å². The number of pyridine rings is 2. The molecule has 0 aliphatic carbocycles. The van der Waals surface area contributed by atoms with Crippen molar-refractivity contribution in [3.05, 3.63) is 59.2 Å². The molecule has 1 fully saturated rings. The zero-order valence-corrected chi connectivity index (χ0v) is 13.7. The fourth-order valence-electron chi connectivity index (χ4n) is 2.78. The van der Waals surface area contributed by atoms with Gasteiger partial charge < -0.3 is 9.47 Å². The molecule has 0 aromatic carbocycles. The Morgan fingerprint density at radius 3 is 1.52 bits per heavy atom. The van der Waals surface area contributed by atoms with Gasteiger partial charge in [-0.1, -0.05) is 0 Å². The maximum atomic E-state index is 12.9. The van der Waals surface area contributed by atoms with E-state index < -0.39 is 35.9 Å². The standard InChI is InChI=1S/C17H14F6N2O2/c18-16(19,20)14-7-10(1-3-24-14)12-9-13(27-6-5-26-12)11-2-4-25-15(8-11)17(21,22)23/h1-4,7-8,12-13H,5-6,9H2. The van der Waals surface area contributed by atoms with Crippen LogP contribution in [-0.4, -0.2) is 23.2 Å². The Kier molecular flexibility index (Phi) is 5.38. The highest BCUT2D eigenvalue weighted by molar-refractivity contribution is 5.24. The molecular formula is C17H14F6N2O2. The fraction of sp³-hybridized carbons (Fsp3) is 0.412. The third-order valence-electron chi connectivity index (χ3n) is 4.04. The van der Waals surface area contributed by atoms with Crippen LogP contribution in [0.25, 0.3) is 0 Å². The Hall–Kier alpha value is -2.20. The molecule has 1 aliphatic rings.